The van der Waals surface area contributed by atoms with Crippen molar-refractivity contribution < 1.29 is 39.0 Å². The van der Waals surface area contributed by atoms with Gasteiger partial charge in [0.1, 0.15) is 0 Å². The van der Waals surface area contributed by atoms with Crippen LogP contribution in [-0.4, -0.2) is 32.8 Å². The fourth-order valence-electron chi connectivity index (χ4n) is 1.99. The third-order valence-corrected chi connectivity index (χ3v) is 3.55. The molecule has 0 aromatic heterocycles. The summed E-state index contributed by atoms with van der Waals surface area (Å²) in [5.41, 5.74) is 0. The van der Waals surface area contributed by atoms with Gasteiger partial charge in [-0.1, -0.05) is 64.7 Å². The summed E-state index contributed by atoms with van der Waals surface area (Å²) in [6.45, 7) is 2.79. The van der Waals surface area contributed by atoms with E-state index in [1.54, 1.807) is 0 Å². The molecule has 0 rings (SSSR count). The van der Waals surface area contributed by atoms with Gasteiger partial charge >= 0.3 is 0 Å². The second-order valence-electron chi connectivity index (χ2n) is 5.02. The van der Waals surface area contributed by atoms with E-state index in [0.717, 1.165) is 12.8 Å². The first kappa shape index (κ1) is 23.6. The van der Waals surface area contributed by atoms with Crippen LogP contribution in [0.2, 0.25) is 0 Å². The van der Waals surface area contributed by atoms with E-state index < -0.39 is 10.4 Å². The van der Waals surface area contributed by atoms with Crippen LogP contribution in [0.15, 0.2) is 0 Å². The van der Waals surface area contributed by atoms with Crippen molar-refractivity contribution in [1.29, 1.82) is 0 Å². The summed E-state index contributed by atoms with van der Waals surface area (Å²) in [6.07, 6.45) is 12.7. The zero-order valence-corrected chi connectivity index (χ0v) is 14.7. The minimum absolute atomic E-state index is 0. The molecule has 0 heterocycles. The molecule has 21 heavy (non-hydrogen) atoms. The summed E-state index contributed by atoms with van der Waals surface area (Å²) in [4.78, 5) is 0. The smallest absolute Gasteiger partial charge is 0.217 e. The van der Waals surface area contributed by atoms with Gasteiger partial charge in [0.15, 0.2) is 0 Å². The molecular weight excluding hydrogens is 344 g/mol. The van der Waals surface area contributed by atoms with Crippen molar-refractivity contribution in [2.45, 2.75) is 71.1 Å². The molecule has 5 nitrogen and oxygen atoms in total. The van der Waals surface area contributed by atoms with Crippen molar-refractivity contribution in [1.82, 2.24) is 0 Å². The monoisotopic (exact) mass is 372 g/mol. The Morgan fingerprint density at radius 3 is 1.71 bits per heavy atom. The first-order valence-corrected chi connectivity index (χ1v) is 9.07. The van der Waals surface area contributed by atoms with E-state index >= 15 is 0 Å². The maximum absolute atomic E-state index is 10.1. The molecule has 0 atom stereocenters. The third kappa shape index (κ3) is 22.8. The second-order valence-corrected chi connectivity index (χ2v) is 6.08. The third-order valence-electron chi connectivity index (χ3n) is 3.10. The molecule has 0 aliphatic rings. The van der Waals surface area contributed by atoms with Crippen LogP contribution in [0.1, 0.15) is 71.1 Å². The number of rotatable bonds is 15. The molecule has 0 aromatic carbocycles. The Hall–Kier alpha value is 0.349. The van der Waals surface area contributed by atoms with E-state index in [-0.39, 0.29) is 30.3 Å². The van der Waals surface area contributed by atoms with Crippen molar-refractivity contribution in [3.63, 3.8) is 0 Å². The van der Waals surface area contributed by atoms with Crippen LogP contribution in [0.4, 0.5) is 0 Å². The second kappa shape index (κ2) is 16.7. The standard InChI is InChI=1S/C14H30O5S.Cu/c1-2-3-4-5-6-7-8-9-10-11-12-18-13-14-19-20(15,16)17;/h2-14H2,1H3,(H,15,16,17);/p-1. The van der Waals surface area contributed by atoms with Crippen molar-refractivity contribution in [3.8, 4) is 0 Å². The van der Waals surface area contributed by atoms with Crippen LogP contribution >= 0.6 is 0 Å². The Bertz CT molecular complexity index is 296. The van der Waals surface area contributed by atoms with Gasteiger partial charge in [-0.3, -0.25) is 4.18 Å². The topological polar surface area (TPSA) is 75.7 Å². The van der Waals surface area contributed by atoms with E-state index in [1.165, 1.54) is 51.4 Å². The largest absolute Gasteiger partial charge is 0.726 e. The predicted molar refractivity (Wildman–Crippen MR) is 78.3 cm³/mol. The van der Waals surface area contributed by atoms with Crippen molar-refractivity contribution in [3.05, 3.63) is 0 Å². The molecule has 133 valence electrons. The van der Waals surface area contributed by atoms with Gasteiger partial charge < -0.3 is 9.29 Å². The Kier molecular flexibility index (Phi) is 18.8. The maximum Gasteiger partial charge on any atom is 0.217 e. The molecule has 0 saturated carbocycles. The van der Waals surface area contributed by atoms with Crippen LogP contribution in [0, 0.1) is 0 Å². The van der Waals surface area contributed by atoms with Gasteiger partial charge in [-0.2, -0.15) is 0 Å². The Morgan fingerprint density at radius 2 is 1.24 bits per heavy atom. The fraction of sp³-hybridized carbons (Fsp3) is 1.00. The summed E-state index contributed by atoms with van der Waals surface area (Å²) < 4.78 is 39.5. The van der Waals surface area contributed by atoms with Gasteiger partial charge in [0.05, 0.1) is 13.2 Å². The number of ether oxygens (including phenoxy) is 1. The number of unbranched alkanes of at least 4 members (excludes halogenated alkanes) is 9. The van der Waals surface area contributed by atoms with E-state index in [4.69, 9.17) is 4.74 Å². The van der Waals surface area contributed by atoms with Crippen LogP contribution < -0.4 is 0 Å². The zero-order valence-electron chi connectivity index (χ0n) is 12.9. The molecule has 1 radical (unpaired) electrons. The molecule has 0 bridgehead atoms. The van der Waals surface area contributed by atoms with E-state index in [9.17, 15) is 13.0 Å². The summed E-state index contributed by atoms with van der Waals surface area (Å²) in [7, 11) is -4.57. The average molecular weight is 373 g/mol. The average Bonchev–Trinajstić information content (AvgIpc) is 2.38. The molecule has 7 heteroatoms. The Morgan fingerprint density at radius 1 is 0.762 bits per heavy atom. The van der Waals surface area contributed by atoms with Crippen LogP contribution in [0.3, 0.4) is 0 Å². The van der Waals surface area contributed by atoms with Gasteiger partial charge in [0.2, 0.25) is 10.4 Å². The van der Waals surface area contributed by atoms with Crippen molar-refractivity contribution in [2.75, 3.05) is 19.8 Å². The number of hydrogen-bond donors (Lipinski definition) is 0. The van der Waals surface area contributed by atoms with Crippen molar-refractivity contribution >= 4 is 10.4 Å². The van der Waals surface area contributed by atoms with Crippen LogP contribution in [0.25, 0.3) is 0 Å². The minimum Gasteiger partial charge on any atom is -0.726 e. The maximum atomic E-state index is 10.1. The van der Waals surface area contributed by atoms with Gasteiger partial charge in [-0.25, -0.2) is 8.42 Å². The van der Waals surface area contributed by atoms with Crippen LogP contribution in [0.5, 0.6) is 0 Å². The first-order chi connectivity index (χ1) is 9.56. The summed E-state index contributed by atoms with van der Waals surface area (Å²) >= 11 is 0. The van der Waals surface area contributed by atoms with E-state index in [2.05, 4.69) is 11.1 Å². The molecule has 0 aromatic rings. The molecule has 0 saturated heterocycles. The predicted octanol–water partition coefficient (Wildman–Crippen LogP) is 3.40. The molecule has 0 aliphatic carbocycles. The van der Waals surface area contributed by atoms with Gasteiger partial charge in [0.25, 0.3) is 0 Å². The Balaban J connectivity index is 0. The summed E-state index contributed by atoms with van der Waals surface area (Å²) in [5, 5.41) is 0. The van der Waals surface area contributed by atoms with Crippen molar-refractivity contribution in [2.24, 2.45) is 0 Å². The molecule has 0 fully saturated rings. The normalized spacial score (nSPS) is 11.3. The molecule has 0 amide bonds. The molecule has 0 N–H and O–H groups in total. The molecule has 0 spiro atoms. The zero-order chi connectivity index (χ0) is 15.1. The quantitative estimate of drug-likeness (QED) is 0.190. The van der Waals surface area contributed by atoms with E-state index in [1.807, 2.05) is 0 Å². The van der Waals surface area contributed by atoms with Gasteiger partial charge in [0, 0.05) is 23.7 Å². The minimum atomic E-state index is -4.57. The summed E-state index contributed by atoms with van der Waals surface area (Å²) in [6, 6.07) is 0. The first-order valence-electron chi connectivity index (χ1n) is 7.74. The van der Waals surface area contributed by atoms with Gasteiger partial charge in [-0.05, 0) is 6.42 Å². The summed E-state index contributed by atoms with van der Waals surface area (Å²) in [5.74, 6) is 0. The van der Waals surface area contributed by atoms with Crippen LogP contribution in [-0.2, 0) is 36.4 Å². The fourth-order valence-corrected chi connectivity index (χ4v) is 2.26. The molecular formula is C14H29CuO5S-. The SMILES string of the molecule is CCCCCCCCCCCCOCCOS(=O)(=O)[O-].[Cu]. The van der Waals surface area contributed by atoms with Gasteiger partial charge in [-0.15, -0.1) is 0 Å². The number of hydrogen-bond acceptors (Lipinski definition) is 5. The Labute approximate surface area is 140 Å². The molecule has 0 unspecified atom stereocenters. The van der Waals surface area contributed by atoms with E-state index in [0.29, 0.717) is 6.61 Å². The molecule has 0 aliphatic heterocycles.